The molecule has 7 aromatic rings. The summed E-state index contributed by atoms with van der Waals surface area (Å²) in [6.07, 6.45) is -1.87. The molecule has 13 amide bonds. The van der Waals surface area contributed by atoms with Crippen LogP contribution in [0, 0.1) is 5.41 Å². The number of hydrogen-bond acceptors (Lipinski definition) is 17. The molecule has 1 saturated heterocycles. The molecule has 33 heteroatoms. The molecule has 584 valence electrons. The first-order valence-corrected chi connectivity index (χ1v) is 36.1. The standard InChI is InChI=1S/C78H92N18O15/c1-43-67(102)90-58(35-44-13-4-2-5-14-44)72(107)94-63(75(110)89-57(66(81)101)34-47-24-28-52(98)29-25-47)42-86-69(104)62(91-68(103)54(79)33-46-22-26-51(97)27-23-46)39-65(100)96-78(31-30-48-17-8-9-18-49(48)40-78)76(111)95-59(36-45-15-6-3-7-16-45)73(108)88-56(21-12-32-84-77(82)83)70(105)92-60(37-50-41-85-55-20-11-10-19-53(50)55)74(109)93-61(38-64(80)99)71(106)87-43/h2-11,13-20,22-29,41,43,54,56-63,85,97-98H,12,21,30-40,42,79H2,1H3,(H2,80,99)(H2,81,101)(H,86,104)(H,87,106)(H,88,108)(H,89,110)(H,90,102)(H,91,103)(H,92,105)(H,93,109)(H,94,107)(H,95,111)(H,96,100)(H4,82,83,84)/t43-,54-,56-,57-,58-,59+,60-,61-,62+,63?,78?/m0/s1. The Labute approximate surface area is 638 Å². The normalized spacial score (nSPS) is 22.0. The second kappa shape index (κ2) is 38.6. The molecule has 11 atom stereocenters. The van der Waals surface area contributed by atoms with Gasteiger partial charge in [-0.1, -0.05) is 127 Å². The molecule has 2 aliphatic rings. The lowest BCUT2D eigenvalue weighted by Gasteiger charge is -2.39. The predicted molar refractivity (Wildman–Crippen MR) is 406 cm³/mol. The van der Waals surface area contributed by atoms with Crippen molar-refractivity contribution in [2.75, 3.05) is 13.1 Å². The fourth-order valence-electron chi connectivity index (χ4n) is 13.1. The molecule has 0 radical (unpaired) electrons. The molecule has 1 aromatic heterocycles. The SMILES string of the molecule is C[C@@H]1NC(=O)[C@H](CC(N)=O)NC(=O)[C@H](Cc2c[nH]c3ccccc23)NC(=O)[C@H](CCCNC(=N)N)NC(=O)[C@@H](Cc2ccccc2)NC(=O)C2(CCc3ccccc3C2)NC(=O)C[C@@H](NC(=O)[C@@H](N)Cc2ccc(O)cc2)C(=O)NCC(C(=O)N[C@@H](Cc2ccc(O)cc2)C(N)=O)NC(=O)[C@H](Cc2ccccc2)NC1=O. The summed E-state index contributed by atoms with van der Waals surface area (Å²) in [5, 5.41) is 60.0. The van der Waals surface area contributed by atoms with Gasteiger partial charge in [0, 0.05) is 62.3 Å². The molecule has 6 aromatic carbocycles. The fourth-order valence-corrected chi connectivity index (χ4v) is 13.1. The molecule has 1 aliphatic heterocycles. The first-order chi connectivity index (χ1) is 53.1. The van der Waals surface area contributed by atoms with E-state index >= 15 is 33.6 Å². The number of carbonyl (C=O) groups excluding carboxylic acids is 13. The number of nitrogens with two attached hydrogens (primary N) is 4. The van der Waals surface area contributed by atoms with Crippen molar-refractivity contribution >= 4 is 93.7 Å². The molecular weight excluding hydrogens is 1430 g/mol. The second-order valence-electron chi connectivity index (χ2n) is 27.6. The molecule has 111 heavy (non-hydrogen) atoms. The van der Waals surface area contributed by atoms with Crippen molar-refractivity contribution < 1.29 is 72.5 Å². The van der Waals surface area contributed by atoms with Crippen LogP contribution in [-0.4, -0.2) is 177 Å². The summed E-state index contributed by atoms with van der Waals surface area (Å²) in [5.41, 5.74) is 26.1. The summed E-state index contributed by atoms with van der Waals surface area (Å²) in [5.74, 6) is -14.3. The number of amides is 13. The Bertz CT molecular complexity index is 4550. The van der Waals surface area contributed by atoms with Crippen molar-refractivity contribution in [1.82, 2.24) is 68.8 Å². The van der Waals surface area contributed by atoms with Crippen LogP contribution in [0.3, 0.4) is 0 Å². The van der Waals surface area contributed by atoms with Crippen LogP contribution in [0.2, 0.25) is 0 Å². The minimum atomic E-state index is -1.97. The third-order valence-corrected chi connectivity index (χ3v) is 19.1. The van der Waals surface area contributed by atoms with Crippen molar-refractivity contribution in [3.63, 3.8) is 0 Å². The zero-order valence-electron chi connectivity index (χ0n) is 60.8. The number of nitrogens with one attached hydrogen (secondary N) is 14. The highest BCUT2D eigenvalue weighted by Crippen LogP contribution is 2.30. The molecule has 24 N–H and O–H groups in total. The van der Waals surface area contributed by atoms with Crippen LogP contribution < -0.4 is 86.7 Å². The summed E-state index contributed by atoms with van der Waals surface area (Å²) in [6.45, 7) is 0.301. The number of guanidine groups is 1. The smallest absolute Gasteiger partial charge is 0.246 e. The largest absolute Gasteiger partial charge is 0.508 e. The first kappa shape index (κ1) is 81.9. The molecule has 0 bridgehead atoms. The van der Waals surface area contributed by atoms with Crippen LogP contribution in [0.5, 0.6) is 11.5 Å². The molecule has 9 rings (SSSR count). The Hall–Kier alpha value is -13.2. The average molecular weight is 1520 g/mol. The molecule has 0 saturated carbocycles. The topological polar surface area (TPSA) is 550 Å². The molecule has 2 heterocycles. The van der Waals surface area contributed by atoms with E-state index in [1.54, 1.807) is 109 Å². The van der Waals surface area contributed by atoms with E-state index in [-0.39, 0.29) is 82.3 Å². The monoisotopic (exact) mass is 1520 g/mol. The third-order valence-electron chi connectivity index (χ3n) is 19.1. The number of hydrogen-bond donors (Lipinski definition) is 20. The van der Waals surface area contributed by atoms with Crippen molar-refractivity contribution in [2.45, 2.75) is 150 Å². The number of para-hydroxylation sites is 1. The van der Waals surface area contributed by atoms with Gasteiger partial charge in [-0.3, -0.25) is 67.7 Å². The number of aromatic amines is 1. The van der Waals surface area contributed by atoms with Gasteiger partial charge in [-0.2, -0.15) is 0 Å². The Morgan fingerprint density at radius 3 is 1.73 bits per heavy atom. The van der Waals surface area contributed by atoms with Crippen LogP contribution in [0.1, 0.15) is 78.0 Å². The van der Waals surface area contributed by atoms with Crippen LogP contribution in [0.4, 0.5) is 0 Å². The van der Waals surface area contributed by atoms with Crippen LogP contribution >= 0.6 is 0 Å². The summed E-state index contributed by atoms with van der Waals surface area (Å²) in [6, 6.07) is 25.2. The predicted octanol–water partition coefficient (Wildman–Crippen LogP) is -2.01. The summed E-state index contributed by atoms with van der Waals surface area (Å²) >= 11 is 0. The number of aryl methyl sites for hydroxylation is 1. The minimum Gasteiger partial charge on any atom is -0.508 e. The fraction of sp³-hybridized carbons (Fsp3) is 0.333. The van der Waals surface area contributed by atoms with E-state index in [9.17, 15) is 39.0 Å². The van der Waals surface area contributed by atoms with Gasteiger partial charge >= 0.3 is 0 Å². The van der Waals surface area contributed by atoms with E-state index in [1.807, 2.05) is 6.07 Å². The van der Waals surface area contributed by atoms with Gasteiger partial charge in [0.25, 0.3) is 0 Å². The van der Waals surface area contributed by atoms with Gasteiger partial charge in [-0.25, -0.2) is 0 Å². The number of rotatable bonds is 21. The van der Waals surface area contributed by atoms with Gasteiger partial charge in [0.05, 0.1) is 18.9 Å². The van der Waals surface area contributed by atoms with Gasteiger partial charge < -0.3 is 102 Å². The van der Waals surface area contributed by atoms with E-state index in [4.69, 9.17) is 28.3 Å². The van der Waals surface area contributed by atoms with E-state index in [1.165, 1.54) is 55.5 Å². The number of carbonyl (C=O) groups is 13. The number of primary amides is 2. The summed E-state index contributed by atoms with van der Waals surface area (Å²) in [4.78, 5) is 194. The van der Waals surface area contributed by atoms with Crippen molar-refractivity contribution in [1.29, 1.82) is 5.41 Å². The number of benzene rings is 6. The maximum atomic E-state index is 15.8. The summed E-state index contributed by atoms with van der Waals surface area (Å²) < 4.78 is 0. The Balaban J connectivity index is 1.15. The van der Waals surface area contributed by atoms with Crippen molar-refractivity contribution in [2.24, 2.45) is 22.9 Å². The number of fused-ring (bicyclic) bond motifs is 2. The number of aromatic hydroxyl groups is 2. The van der Waals surface area contributed by atoms with Gasteiger partial charge in [-0.05, 0) is 108 Å². The van der Waals surface area contributed by atoms with E-state index in [0.717, 1.165) is 5.56 Å². The van der Waals surface area contributed by atoms with Crippen molar-refractivity contribution in [3.05, 3.63) is 203 Å². The number of aromatic nitrogens is 1. The minimum absolute atomic E-state index is 0.00244. The Kier molecular flexibility index (Phi) is 28.4. The van der Waals surface area contributed by atoms with E-state index < -0.39 is 168 Å². The lowest BCUT2D eigenvalue weighted by molar-refractivity contribution is -0.138. The Morgan fingerprint density at radius 2 is 1.11 bits per heavy atom. The van der Waals surface area contributed by atoms with E-state index in [0.29, 0.717) is 44.3 Å². The van der Waals surface area contributed by atoms with Gasteiger partial charge in [-0.15, -0.1) is 0 Å². The molecule has 1 fully saturated rings. The zero-order valence-corrected chi connectivity index (χ0v) is 60.8. The molecule has 1 aliphatic carbocycles. The quantitative estimate of drug-likeness (QED) is 0.0210. The van der Waals surface area contributed by atoms with Gasteiger partial charge in [0.1, 0.15) is 71.4 Å². The lowest BCUT2D eigenvalue weighted by Crippen LogP contribution is -2.65. The highest BCUT2D eigenvalue weighted by molar-refractivity contribution is 6.02. The van der Waals surface area contributed by atoms with Crippen molar-refractivity contribution in [3.8, 4) is 11.5 Å². The molecule has 33 nitrogen and oxygen atoms in total. The number of phenolic OH excluding ortho intramolecular Hbond substituents is 2. The summed E-state index contributed by atoms with van der Waals surface area (Å²) in [7, 11) is 0. The zero-order chi connectivity index (χ0) is 79.9. The number of phenols is 2. The maximum Gasteiger partial charge on any atom is 0.246 e. The van der Waals surface area contributed by atoms with Gasteiger partial charge in [0.2, 0.25) is 76.8 Å². The second-order valence-corrected chi connectivity index (χ2v) is 27.6. The highest BCUT2D eigenvalue weighted by atomic mass is 16.3. The number of H-pyrrole nitrogens is 1. The lowest BCUT2D eigenvalue weighted by atomic mass is 9.76. The van der Waals surface area contributed by atoms with Crippen LogP contribution in [-0.2, 0) is 107 Å². The average Bonchev–Trinajstić information content (AvgIpc) is 1.27. The third kappa shape index (κ3) is 23.6. The van der Waals surface area contributed by atoms with E-state index in [2.05, 4.69) is 68.8 Å². The highest BCUT2D eigenvalue weighted by Gasteiger charge is 2.46. The van der Waals surface area contributed by atoms with Crippen LogP contribution in [0.25, 0.3) is 10.9 Å². The van der Waals surface area contributed by atoms with Crippen LogP contribution in [0.15, 0.2) is 164 Å². The first-order valence-electron chi connectivity index (χ1n) is 36.1. The Morgan fingerprint density at radius 1 is 0.577 bits per heavy atom. The maximum absolute atomic E-state index is 15.8. The molecular formula is C78H92N18O15. The van der Waals surface area contributed by atoms with Gasteiger partial charge in [0.15, 0.2) is 5.96 Å². The molecule has 1 spiro atoms. The molecule has 2 unspecified atom stereocenters.